The van der Waals surface area contributed by atoms with Crippen molar-refractivity contribution in [3.8, 4) is 0 Å². The predicted molar refractivity (Wildman–Crippen MR) is 98.9 cm³/mol. The van der Waals surface area contributed by atoms with Gasteiger partial charge in [-0.2, -0.15) is 0 Å². The molecule has 2 rings (SSSR count). The lowest BCUT2D eigenvalue weighted by Gasteiger charge is -2.12. The number of benzene rings is 2. The van der Waals surface area contributed by atoms with Crippen LogP contribution in [0.4, 0.5) is 0 Å². The van der Waals surface area contributed by atoms with Crippen LogP contribution < -0.4 is 4.72 Å². The Labute approximate surface area is 149 Å². The molecule has 0 aromatic heterocycles. The molecule has 0 heterocycles. The first-order valence-corrected chi connectivity index (χ1v) is 9.71. The van der Waals surface area contributed by atoms with E-state index in [2.05, 4.69) is 11.6 Å². The monoisotopic (exact) mass is 360 g/mol. The summed E-state index contributed by atoms with van der Waals surface area (Å²) in [7, 11) is -0.224. The molecule has 2 aromatic carbocycles. The van der Waals surface area contributed by atoms with Crippen LogP contribution in [0.5, 0.6) is 0 Å². The topological polar surface area (TPSA) is 66.5 Å². The molecule has 25 heavy (non-hydrogen) atoms. The predicted octanol–water partition coefficient (Wildman–Crippen LogP) is 2.82. The third kappa shape index (κ3) is 5.14. The summed E-state index contributed by atoms with van der Waals surface area (Å²) in [6, 6.07) is 13.9. The molecular formula is C19H24N2O3S. The number of nitrogens with zero attached hydrogens (tertiary/aromatic N) is 1. The lowest BCUT2D eigenvalue weighted by Crippen LogP contribution is -2.24. The summed E-state index contributed by atoms with van der Waals surface area (Å²) in [6.07, 6.45) is 1.95. The molecule has 0 saturated carbocycles. The maximum atomic E-state index is 12.4. The molecule has 0 atom stereocenters. The molecule has 0 radical (unpaired) electrons. The molecule has 0 aliphatic rings. The summed E-state index contributed by atoms with van der Waals surface area (Å²) in [5, 5.41) is 0. The van der Waals surface area contributed by atoms with Crippen molar-refractivity contribution in [1.82, 2.24) is 9.62 Å². The van der Waals surface area contributed by atoms with E-state index in [0.717, 1.165) is 24.0 Å². The molecule has 1 amide bonds. The number of aryl methyl sites for hydroxylation is 1. The van der Waals surface area contributed by atoms with Gasteiger partial charge in [-0.15, -0.1) is 0 Å². The van der Waals surface area contributed by atoms with Gasteiger partial charge in [-0.05, 0) is 41.8 Å². The zero-order valence-corrected chi connectivity index (χ0v) is 15.6. The third-order valence-electron chi connectivity index (χ3n) is 3.82. The fraction of sp³-hybridized carbons (Fsp3) is 0.316. The minimum Gasteiger partial charge on any atom is -0.345 e. The smallest absolute Gasteiger partial charge is 0.253 e. The summed E-state index contributed by atoms with van der Waals surface area (Å²) in [4.78, 5) is 13.7. The molecule has 0 aliphatic carbocycles. The molecule has 0 aliphatic heterocycles. The van der Waals surface area contributed by atoms with Gasteiger partial charge in [0.05, 0.1) is 4.90 Å². The van der Waals surface area contributed by atoms with E-state index in [1.165, 1.54) is 4.90 Å². The Morgan fingerprint density at radius 3 is 2.32 bits per heavy atom. The van der Waals surface area contributed by atoms with Crippen molar-refractivity contribution >= 4 is 15.9 Å². The summed E-state index contributed by atoms with van der Waals surface area (Å²) in [5.41, 5.74) is 2.39. The number of sulfonamides is 1. The van der Waals surface area contributed by atoms with Crippen LogP contribution in [0.1, 0.15) is 34.8 Å². The lowest BCUT2D eigenvalue weighted by atomic mass is 10.1. The van der Waals surface area contributed by atoms with Crippen LogP contribution >= 0.6 is 0 Å². The Hall–Kier alpha value is -2.18. The van der Waals surface area contributed by atoms with Gasteiger partial charge in [-0.1, -0.05) is 37.6 Å². The Bertz CT molecular complexity index is 828. The first kappa shape index (κ1) is 19.1. The molecule has 6 heteroatoms. The maximum Gasteiger partial charge on any atom is 0.253 e. The Morgan fingerprint density at radius 1 is 1.04 bits per heavy atom. The average molecular weight is 360 g/mol. The molecule has 0 spiro atoms. The van der Waals surface area contributed by atoms with E-state index in [4.69, 9.17) is 0 Å². The number of nitrogens with one attached hydrogen (secondary N) is 1. The van der Waals surface area contributed by atoms with Gasteiger partial charge in [0.25, 0.3) is 5.91 Å². The number of carbonyl (C=O) groups excluding carboxylic acids is 1. The Kier molecular flexibility index (Phi) is 6.33. The number of hydrogen-bond donors (Lipinski definition) is 1. The summed E-state index contributed by atoms with van der Waals surface area (Å²) >= 11 is 0. The fourth-order valence-corrected chi connectivity index (χ4v) is 3.48. The zero-order valence-electron chi connectivity index (χ0n) is 14.8. The summed E-state index contributed by atoms with van der Waals surface area (Å²) in [6.45, 7) is 2.22. The number of amides is 1. The van der Waals surface area contributed by atoms with Gasteiger partial charge in [-0.25, -0.2) is 13.1 Å². The second kappa shape index (κ2) is 8.27. The zero-order chi connectivity index (χ0) is 18.4. The van der Waals surface area contributed by atoms with E-state index in [9.17, 15) is 13.2 Å². The van der Waals surface area contributed by atoms with Gasteiger partial charge in [0.1, 0.15) is 0 Å². The van der Waals surface area contributed by atoms with Crippen LogP contribution in [-0.2, 0) is 23.0 Å². The van der Waals surface area contributed by atoms with E-state index in [0.29, 0.717) is 5.56 Å². The standard InChI is InChI=1S/C19H24N2O3S/c1-4-6-15-9-11-18(12-10-15)25(23,24)20-14-16-7-5-8-17(13-16)19(22)21(2)3/h5,7-13,20H,4,6,14H2,1-3H3. The van der Waals surface area contributed by atoms with Crippen molar-refractivity contribution in [3.63, 3.8) is 0 Å². The van der Waals surface area contributed by atoms with Crippen LogP contribution in [0.25, 0.3) is 0 Å². The van der Waals surface area contributed by atoms with Crippen LogP contribution in [0.2, 0.25) is 0 Å². The normalized spacial score (nSPS) is 11.3. The van der Waals surface area contributed by atoms with Crippen molar-refractivity contribution in [2.24, 2.45) is 0 Å². The summed E-state index contributed by atoms with van der Waals surface area (Å²) in [5.74, 6) is -0.115. The Balaban J connectivity index is 2.09. The van der Waals surface area contributed by atoms with E-state index in [-0.39, 0.29) is 17.3 Å². The van der Waals surface area contributed by atoms with Crippen molar-refractivity contribution in [1.29, 1.82) is 0 Å². The van der Waals surface area contributed by atoms with Crippen molar-refractivity contribution in [3.05, 3.63) is 65.2 Å². The quantitative estimate of drug-likeness (QED) is 0.826. The van der Waals surface area contributed by atoms with Crippen LogP contribution in [-0.4, -0.2) is 33.3 Å². The molecule has 0 bridgehead atoms. The van der Waals surface area contributed by atoms with E-state index >= 15 is 0 Å². The first-order chi connectivity index (χ1) is 11.8. The minimum atomic E-state index is -3.58. The van der Waals surface area contributed by atoms with Gasteiger partial charge in [0.15, 0.2) is 0 Å². The highest BCUT2D eigenvalue weighted by Crippen LogP contribution is 2.13. The second-order valence-corrected chi connectivity index (χ2v) is 7.89. The van der Waals surface area contributed by atoms with E-state index < -0.39 is 10.0 Å². The number of hydrogen-bond acceptors (Lipinski definition) is 3. The number of carbonyl (C=O) groups is 1. The van der Waals surface area contributed by atoms with Crippen molar-refractivity contribution in [2.75, 3.05) is 14.1 Å². The molecule has 1 N–H and O–H groups in total. The SMILES string of the molecule is CCCc1ccc(S(=O)(=O)NCc2cccc(C(=O)N(C)C)c2)cc1. The number of rotatable bonds is 7. The van der Waals surface area contributed by atoms with Crippen molar-refractivity contribution < 1.29 is 13.2 Å². The third-order valence-corrected chi connectivity index (χ3v) is 5.24. The van der Waals surface area contributed by atoms with Gasteiger partial charge < -0.3 is 4.90 Å². The van der Waals surface area contributed by atoms with Crippen LogP contribution in [0.3, 0.4) is 0 Å². The second-order valence-electron chi connectivity index (χ2n) is 6.12. The van der Waals surface area contributed by atoms with Gasteiger partial charge in [0, 0.05) is 26.2 Å². The highest BCUT2D eigenvalue weighted by molar-refractivity contribution is 7.89. The molecular weight excluding hydrogens is 336 g/mol. The largest absolute Gasteiger partial charge is 0.345 e. The molecule has 0 saturated heterocycles. The molecule has 2 aromatic rings. The highest BCUT2D eigenvalue weighted by atomic mass is 32.2. The molecule has 134 valence electrons. The lowest BCUT2D eigenvalue weighted by molar-refractivity contribution is 0.0827. The van der Waals surface area contributed by atoms with Gasteiger partial charge in [-0.3, -0.25) is 4.79 Å². The minimum absolute atomic E-state index is 0.115. The first-order valence-electron chi connectivity index (χ1n) is 8.22. The van der Waals surface area contributed by atoms with Gasteiger partial charge >= 0.3 is 0 Å². The average Bonchev–Trinajstić information content (AvgIpc) is 2.60. The van der Waals surface area contributed by atoms with Crippen LogP contribution in [0.15, 0.2) is 53.4 Å². The Morgan fingerprint density at radius 2 is 1.72 bits per heavy atom. The van der Waals surface area contributed by atoms with Crippen LogP contribution in [0, 0.1) is 0 Å². The summed E-state index contributed by atoms with van der Waals surface area (Å²) < 4.78 is 27.4. The van der Waals surface area contributed by atoms with E-state index in [1.54, 1.807) is 50.5 Å². The van der Waals surface area contributed by atoms with Gasteiger partial charge in [0.2, 0.25) is 10.0 Å². The molecule has 0 fully saturated rings. The molecule has 0 unspecified atom stereocenters. The fourth-order valence-electron chi connectivity index (χ4n) is 2.46. The molecule has 5 nitrogen and oxygen atoms in total. The maximum absolute atomic E-state index is 12.4. The van der Waals surface area contributed by atoms with E-state index in [1.807, 2.05) is 12.1 Å². The van der Waals surface area contributed by atoms with Crippen molar-refractivity contribution in [2.45, 2.75) is 31.2 Å². The highest BCUT2D eigenvalue weighted by Gasteiger charge is 2.14.